The van der Waals surface area contributed by atoms with Crippen LogP contribution in [0.4, 0.5) is 5.69 Å². The normalized spacial score (nSPS) is 11.7. The second-order valence-corrected chi connectivity index (χ2v) is 6.14. The zero-order valence-corrected chi connectivity index (χ0v) is 11.7. The molecule has 8 heteroatoms. The third-order valence-electron chi connectivity index (χ3n) is 2.46. The molecule has 0 atom stereocenters. The Kier molecular flexibility index (Phi) is 3.79. The van der Waals surface area contributed by atoms with E-state index in [1.165, 1.54) is 18.2 Å². The highest BCUT2D eigenvalue weighted by Crippen LogP contribution is 2.23. The van der Waals surface area contributed by atoms with Crippen molar-refractivity contribution < 1.29 is 8.42 Å². The summed E-state index contributed by atoms with van der Waals surface area (Å²) in [5.41, 5.74) is 6.56. The summed E-state index contributed by atoms with van der Waals surface area (Å²) >= 11 is 5.88. The van der Waals surface area contributed by atoms with E-state index in [0.29, 0.717) is 11.4 Å². The minimum absolute atomic E-state index is 0.000650. The summed E-state index contributed by atoms with van der Waals surface area (Å²) in [6.45, 7) is 0.101. The van der Waals surface area contributed by atoms with E-state index in [1.807, 2.05) is 0 Å². The number of aromatic nitrogens is 2. The van der Waals surface area contributed by atoms with Crippen molar-refractivity contribution in [3.63, 3.8) is 0 Å². The number of nitrogens with one attached hydrogen (secondary N) is 1. The van der Waals surface area contributed by atoms with Gasteiger partial charge < -0.3 is 5.73 Å². The Balaban J connectivity index is 2.18. The summed E-state index contributed by atoms with van der Waals surface area (Å²) in [4.78, 5) is -0.000650. The van der Waals surface area contributed by atoms with Gasteiger partial charge >= 0.3 is 0 Å². The lowest BCUT2D eigenvalue weighted by Crippen LogP contribution is -2.23. The van der Waals surface area contributed by atoms with Crippen molar-refractivity contribution in [3.05, 3.63) is 41.2 Å². The van der Waals surface area contributed by atoms with Gasteiger partial charge in [-0.3, -0.25) is 4.68 Å². The predicted octanol–water partition coefficient (Wildman–Crippen LogP) is 1.13. The Hall–Kier alpha value is -1.57. The molecule has 0 amide bonds. The molecule has 19 heavy (non-hydrogen) atoms. The van der Waals surface area contributed by atoms with Gasteiger partial charge in [-0.05, 0) is 24.3 Å². The molecule has 0 aliphatic rings. The van der Waals surface area contributed by atoms with Crippen LogP contribution in [0.3, 0.4) is 0 Å². The first-order valence-electron chi connectivity index (χ1n) is 5.42. The molecule has 2 rings (SSSR count). The fraction of sp³-hybridized carbons (Fsp3) is 0.182. The van der Waals surface area contributed by atoms with E-state index in [-0.39, 0.29) is 16.5 Å². The zero-order chi connectivity index (χ0) is 14.0. The fourth-order valence-electron chi connectivity index (χ4n) is 1.54. The Labute approximate surface area is 116 Å². The Morgan fingerprint density at radius 1 is 1.42 bits per heavy atom. The number of sulfonamides is 1. The number of aryl methyl sites for hydroxylation is 1. The molecule has 0 radical (unpaired) electrons. The van der Waals surface area contributed by atoms with Crippen molar-refractivity contribution in [2.24, 2.45) is 7.05 Å². The topological polar surface area (TPSA) is 90.0 Å². The van der Waals surface area contributed by atoms with Gasteiger partial charge in [-0.1, -0.05) is 11.6 Å². The molecule has 0 aliphatic carbocycles. The van der Waals surface area contributed by atoms with E-state index in [1.54, 1.807) is 24.0 Å². The van der Waals surface area contributed by atoms with Crippen LogP contribution < -0.4 is 10.5 Å². The predicted molar refractivity (Wildman–Crippen MR) is 73.1 cm³/mol. The molecular weight excluding hydrogens is 288 g/mol. The lowest BCUT2D eigenvalue weighted by Gasteiger charge is -2.07. The van der Waals surface area contributed by atoms with E-state index < -0.39 is 10.0 Å². The molecule has 0 saturated carbocycles. The quantitative estimate of drug-likeness (QED) is 0.828. The fourth-order valence-corrected chi connectivity index (χ4v) is 3.09. The van der Waals surface area contributed by atoms with Crippen LogP contribution in [-0.4, -0.2) is 18.2 Å². The Morgan fingerprint density at radius 3 is 2.74 bits per heavy atom. The van der Waals surface area contributed by atoms with E-state index >= 15 is 0 Å². The molecule has 0 unspecified atom stereocenters. The average Bonchev–Trinajstić information content (AvgIpc) is 2.72. The molecule has 0 fully saturated rings. The van der Waals surface area contributed by atoms with Gasteiger partial charge in [0.25, 0.3) is 0 Å². The van der Waals surface area contributed by atoms with E-state index in [2.05, 4.69) is 9.82 Å². The lowest BCUT2D eigenvalue weighted by molar-refractivity contribution is 0.579. The van der Waals surface area contributed by atoms with Gasteiger partial charge in [-0.2, -0.15) is 5.10 Å². The molecule has 1 heterocycles. The summed E-state index contributed by atoms with van der Waals surface area (Å²) in [5, 5.41) is 4.17. The van der Waals surface area contributed by atoms with E-state index in [4.69, 9.17) is 17.3 Å². The average molecular weight is 301 g/mol. The van der Waals surface area contributed by atoms with Crippen LogP contribution in [0.5, 0.6) is 0 Å². The maximum absolute atomic E-state index is 12.1. The van der Waals surface area contributed by atoms with Crippen LogP contribution in [0, 0.1) is 0 Å². The third kappa shape index (κ3) is 3.25. The van der Waals surface area contributed by atoms with Gasteiger partial charge in [-0.15, -0.1) is 0 Å². The van der Waals surface area contributed by atoms with Gasteiger partial charge in [0.1, 0.15) is 4.90 Å². The number of nitrogens with zero attached hydrogens (tertiary/aromatic N) is 2. The van der Waals surface area contributed by atoms with Gasteiger partial charge in [0.15, 0.2) is 0 Å². The maximum atomic E-state index is 12.1. The zero-order valence-electron chi connectivity index (χ0n) is 10.2. The highest BCUT2D eigenvalue weighted by Gasteiger charge is 2.18. The summed E-state index contributed by atoms with van der Waals surface area (Å²) in [5.74, 6) is 0. The van der Waals surface area contributed by atoms with Crippen LogP contribution in [0.1, 0.15) is 5.69 Å². The summed E-state index contributed by atoms with van der Waals surface area (Å²) < 4.78 is 28.2. The SMILES string of the molecule is Cn1ccc(CNS(=O)(=O)c2ccc(N)cc2Cl)n1. The van der Waals surface area contributed by atoms with Crippen LogP contribution in [0.2, 0.25) is 5.02 Å². The molecule has 2 aromatic rings. The van der Waals surface area contributed by atoms with Crippen LogP contribution in [-0.2, 0) is 23.6 Å². The molecule has 0 saturated heterocycles. The van der Waals surface area contributed by atoms with Crippen LogP contribution in [0.15, 0.2) is 35.4 Å². The molecule has 0 bridgehead atoms. The third-order valence-corrected chi connectivity index (χ3v) is 4.34. The molecule has 1 aromatic heterocycles. The van der Waals surface area contributed by atoms with Gasteiger partial charge in [0.2, 0.25) is 10.0 Å². The molecule has 0 spiro atoms. The van der Waals surface area contributed by atoms with Crippen molar-refractivity contribution in [2.75, 3.05) is 5.73 Å². The summed E-state index contributed by atoms with van der Waals surface area (Å²) in [6.07, 6.45) is 1.74. The van der Waals surface area contributed by atoms with E-state index in [9.17, 15) is 8.42 Å². The molecule has 0 aliphatic heterocycles. The summed E-state index contributed by atoms with van der Waals surface area (Å²) in [6, 6.07) is 5.99. The number of halogens is 1. The van der Waals surface area contributed by atoms with Crippen molar-refractivity contribution in [2.45, 2.75) is 11.4 Å². The smallest absolute Gasteiger partial charge is 0.242 e. The minimum atomic E-state index is -3.68. The molecule has 102 valence electrons. The summed E-state index contributed by atoms with van der Waals surface area (Å²) in [7, 11) is -1.92. The molecular formula is C11H13ClN4O2S. The standard InChI is InChI=1S/C11H13ClN4O2S/c1-16-5-4-9(15-16)7-14-19(17,18)11-3-2-8(13)6-10(11)12/h2-6,14H,7,13H2,1H3. The van der Waals surface area contributed by atoms with Gasteiger partial charge in [0.05, 0.1) is 17.3 Å². The second kappa shape index (κ2) is 5.20. The number of hydrogen-bond acceptors (Lipinski definition) is 4. The second-order valence-electron chi connectivity index (χ2n) is 4.00. The van der Waals surface area contributed by atoms with Crippen molar-refractivity contribution >= 4 is 27.3 Å². The highest BCUT2D eigenvalue weighted by molar-refractivity contribution is 7.89. The first kappa shape index (κ1) is 13.9. The van der Waals surface area contributed by atoms with Crippen molar-refractivity contribution in [1.29, 1.82) is 0 Å². The first-order chi connectivity index (χ1) is 8.88. The lowest BCUT2D eigenvalue weighted by atomic mass is 10.3. The number of benzene rings is 1. The van der Waals surface area contributed by atoms with Crippen molar-refractivity contribution in [3.8, 4) is 0 Å². The highest BCUT2D eigenvalue weighted by atomic mass is 35.5. The maximum Gasteiger partial charge on any atom is 0.242 e. The minimum Gasteiger partial charge on any atom is -0.399 e. The Bertz CT molecular complexity index is 696. The van der Waals surface area contributed by atoms with Crippen molar-refractivity contribution in [1.82, 2.24) is 14.5 Å². The van der Waals surface area contributed by atoms with Gasteiger partial charge in [0, 0.05) is 18.9 Å². The van der Waals surface area contributed by atoms with Crippen LogP contribution >= 0.6 is 11.6 Å². The van der Waals surface area contributed by atoms with E-state index in [0.717, 1.165) is 0 Å². The largest absolute Gasteiger partial charge is 0.399 e. The monoisotopic (exact) mass is 300 g/mol. The Morgan fingerprint density at radius 2 is 2.16 bits per heavy atom. The first-order valence-corrected chi connectivity index (χ1v) is 7.28. The number of anilines is 1. The van der Waals surface area contributed by atoms with Crippen LogP contribution in [0.25, 0.3) is 0 Å². The number of nitrogen functional groups attached to an aromatic ring is 1. The molecule has 3 N–H and O–H groups in total. The molecule has 6 nitrogen and oxygen atoms in total. The number of nitrogens with two attached hydrogens (primary N) is 1. The number of rotatable bonds is 4. The number of hydrogen-bond donors (Lipinski definition) is 2. The van der Waals surface area contributed by atoms with Gasteiger partial charge in [-0.25, -0.2) is 13.1 Å². The molecule has 1 aromatic carbocycles.